The van der Waals surface area contributed by atoms with Crippen LogP contribution in [0.4, 0.5) is 0 Å². The summed E-state index contributed by atoms with van der Waals surface area (Å²) in [5.41, 5.74) is 0.271. The van der Waals surface area contributed by atoms with Crippen LogP contribution in [0.2, 0.25) is 0 Å². The van der Waals surface area contributed by atoms with Gasteiger partial charge in [0.1, 0.15) is 0 Å². The van der Waals surface area contributed by atoms with Crippen molar-refractivity contribution < 1.29 is 19.7 Å². The lowest BCUT2D eigenvalue weighted by atomic mass is 9.43. The van der Waals surface area contributed by atoms with Gasteiger partial charge in [-0.1, -0.05) is 20.8 Å². The fraction of sp³-hybridized carbons (Fsp3) is 0.960. The number of methoxy groups -OCH3 is 1. The van der Waals surface area contributed by atoms with E-state index in [-0.39, 0.29) is 23.6 Å². The van der Waals surface area contributed by atoms with Gasteiger partial charge in [-0.25, -0.2) is 0 Å². The van der Waals surface area contributed by atoms with Gasteiger partial charge in [0.15, 0.2) is 0 Å². The predicted octanol–water partition coefficient (Wildman–Crippen LogP) is 4.57. The average Bonchev–Trinajstić information content (AvgIpc) is 3.06. The number of carbonyl (C=O) groups is 1. The van der Waals surface area contributed by atoms with Gasteiger partial charge in [0.05, 0.1) is 19.3 Å². The van der Waals surface area contributed by atoms with Crippen LogP contribution in [-0.2, 0) is 9.53 Å². The van der Waals surface area contributed by atoms with Crippen molar-refractivity contribution >= 4 is 5.97 Å². The molecule has 166 valence electrons. The molecule has 0 heterocycles. The molecular formula is C25H42O4. The minimum atomic E-state index is -0.246. The van der Waals surface area contributed by atoms with E-state index in [9.17, 15) is 15.0 Å². The maximum absolute atomic E-state index is 11.6. The van der Waals surface area contributed by atoms with Gasteiger partial charge < -0.3 is 14.9 Å². The zero-order valence-electron chi connectivity index (χ0n) is 18.9. The lowest BCUT2D eigenvalue weighted by Crippen LogP contribution is -2.58. The van der Waals surface area contributed by atoms with Crippen LogP contribution in [0.5, 0.6) is 0 Å². The highest BCUT2D eigenvalue weighted by atomic mass is 16.5. The monoisotopic (exact) mass is 406 g/mol. The van der Waals surface area contributed by atoms with E-state index in [1.807, 2.05) is 0 Å². The molecule has 4 heteroatoms. The molecule has 0 bridgehead atoms. The summed E-state index contributed by atoms with van der Waals surface area (Å²) >= 11 is 0. The van der Waals surface area contributed by atoms with Gasteiger partial charge in [-0.15, -0.1) is 0 Å². The van der Waals surface area contributed by atoms with Crippen LogP contribution < -0.4 is 0 Å². The number of carbonyl (C=O) groups excluding carboxylic acids is 1. The zero-order chi connectivity index (χ0) is 21.0. The first-order chi connectivity index (χ1) is 13.7. The molecular weight excluding hydrogens is 364 g/mol. The second-order valence-electron chi connectivity index (χ2n) is 11.5. The van der Waals surface area contributed by atoms with Gasteiger partial charge in [0.2, 0.25) is 0 Å². The molecule has 0 amide bonds. The Bertz CT molecular complexity index is 620. The molecule has 0 spiro atoms. The van der Waals surface area contributed by atoms with Gasteiger partial charge >= 0.3 is 5.97 Å². The fourth-order valence-electron chi connectivity index (χ4n) is 8.81. The molecule has 10 atom stereocenters. The summed E-state index contributed by atoms with van der Waals surface area (Å²) in [5, 5.41) is 21.8. The number of rotatable bonds is 4. The molecule has 4 fully saturated rings. The van der Waals surface area contributed by atoms with E-state index in [0.29, 0.717) is 41.4 Å². The molecule has 4 aliphatic rings. The molecule has 0 radical (unpaired) electrons. The smallest absolute Gasteiger partial charge is 0.305 e. The van der Waals surface area contributed by atoms with Crippen LogP contribution >= 0.6 is 0 Å². The number of esters is 1. The van der Waals surface area contributed by atoms with Crippen molar-refractivity contribution in [2.75, 3.05) is 7.11 Å². The summed E-state index contributed by atoms with van der Waals surface area (Å²) in [6.45, 7) is 7.12. The minimum absolute atomic E-state index is 0.0198. The van der Waals surface area contributed by atoms with E-state index in [0.717, 1.165) is 38.0 Å². The maximum Gasteiger partial charge on any atom is 0.305 e. The van der Waals surface area contributed by atoms with Crippen molar-refractivity contribution in [3.8, 4) is 0 Å². The van der Waals surface area contributed by atoms with Crippen LogP contribution in [-0.4, -0.2) is 35.5 Å². The summed E-state index contributed by atoms with van der Waals surface area (Å²) in [5.74, 6) is 3.36. The van der Waals surface area contributed by atoms with Crippen LogP contribution in [0.3, 0.4) is 0 Å². The van der Waals surface area contributed by atoms with Gasteiger partial charge in [-0.2, -0.15) is 0 Å². The third-order valence-electron chi connectivity index (χ3n) is 10.5. The van der Waals surface area contributed by atoms with Crippen LogP contribution in [0.15, 0.2) is 0 Å². The number of hydrogen-bond donors (Lipinski definition) is 2. The summed E-state index contributed by atoms with van der Waals surface area (Å²) in [6, 6.07) is 0. The van der Waals surface area contributed by atoms with Crippen LogP contribution in [0.1, 0.15) is 85.0 Å². The Morgan fingerprint density at radius 3 is 2.55 bits per heavy atom. The second-order valence-corrected chi connectivity index (χ2v) is 11.5. The number of ether oxygens (including phenoxy) is 1. The van der Waals surface area contributed by atoms with Crippen molar-refractivity contribution in [2.45, 2.75) is 97.2 Å². The SMILES string of the molecule is COC(=O)CCC(C)[C@H]1CCC2C3CCC4C[C@H](O)CCC4(C)[C@H]3C[C@H](O)C21C. The normalized spacial score (nSPS) is 50.2. The maximum atomic E-state index is 11.6. The van der Waals surface area contributed by atoms with E-state index >= 15 is 0 Å². The van der Waals surface area contributed by atoms with Gasteiger partial charge in [0, 0.05) is 6.42 Å². The van der Waals surface area contributed by atoms with E-state index in [4.69, 9.17) is 4.74 Å². The minimum Gasteiger partial charge on any atom is -0.469 e. The van der Waals surface area contributed by atoms with Crippen molar-refractivity contribution in [2.24, 2.45) is 46.3 Å². The third-order valence-corrected chi connectivity index (χ3v) is 10.5. The van der Waals surface area contributed by atoms with E-state index < -0.39 is 0 Å². The number of aliphatic hydroxyl groups is 2. The topological polar surface area (TPSA) is 66.8 Å². The molecule has 0 aliphatic heterocycles. The van der Waals surface area contributed by atoms with Gasteiger partial charge in [-0.3, -0.25) is 4.79 Å². The number of aliphatic hydroxyl groups excluding tert-OH is 2. The molecule has 4 nitrogen and oxygen atoms in total. The molecule has 4 aliphatic carbocycles. The van der Waals surface area contributed by atoms with E-state index in [1.165, 1.54) is 32.8 Å². The largest absolute Gasteiger partial charge is 0.469 e. The highest BCUT2D eigenvalue weighted by Gasteiger charge is 2.63. The highest BCUT2D eigenvalue weighted by Crippen LogP contribution is 2.68. The first-order valence-corrected chi connectivity index (χ1v) is 12.1. The van der Waals surface area contributed by atoms with Crippen LogP contribution in [0, 0.1) is 46.3 Å². The Labute approximate surface area is 176 Å². The highest BCUT2D eigenvalue weighted by molar-refractivity contribution is 5.69. The Morgan fingerprint density at radius 2 is 1.83 bits per heavy atom. The molecule has 29 heavy (non-hydrogen) atoms. The summed E-state index contributed by atoms with van der Waals surface area (Å²) < 4.78 is 4.85. The lowest BCUT2D eigenvalue weighted by molar-refractivity contribution is -0.175. The van der Waals surface area contributed by atoms with Crippen molar-refractivity contribution in [3.63, 3.8) is 0 Å². The van der Waals surface area contributed by atoms with Crippen molar-refractivity contribution in [1.82, 2.24) is 0 Å². The molecule has 4 saturated carbocycles. The Balaban J connectivity index is 1.53. The quantitative estimate of drug-likeness (QED) is 0.671. The average molecular weight is 407 g/mol. The fourth-order valence-corrected chi connectivity index (χ4v) is 8.81. The molecule has 0 aromatic carbocycles. The molecule has 6 unspecified atom stereocenters. The van der Waals surface area contributed by atoms with Crippen LogP contribution in [0.25, 0.3) is 0 Å². The van der Waals surface area contributed by atoms with Gasteiger partial charge in [-0.05, 0) is 104 Å². The summed E-state index contributed by atoms with van der Waals surface area (Å²) in [4.78, 5) is 11.6. The molecule has 0 saturated heterocycles. The molecule has 2 N–H and O–H groups in total. The predicted molar refractivity (Wildman–Crippen MR) is 113 cm³/mol. The van der Waals surface area contributed by atoms with Crippen molar-refractivity contribution in [1.29, 1.82) is 0 Å². The number of fused-ring (bicyclic) bond motifs is 5. The summed E-state index contributed by atoms with van der Waals surface area (Å²) in [7, 11) is 1.46. The first kappa shape index (κ1) is 21.6. The van der Waals surface area contributed by atoms with Gasteiger partial charge in [0.25, 0.3) is 0 Å². The lowest BCUT2D eigenvalue weighted by Gasteiger charge is -2.62. The number of hydrogen-bond acceptors (Lipinski definition) is 4. The summed E-state index contributed by atoms with van der Waals surface area (Å²) in [6.07, 6.45) is 9.86. The van der Waals surface area contributed by atoms with E-state index in [2.05, 4.69) is 20.8 Å². The molecule has 0 aromatic heterocycles. The third kappa shape index (κ3) is 3.37. The Morgan fingerprint density at radius 1 is 1.07 bits per heavy atom. The Kier molecular flexibility index (Phi) is 5.83. The zero-order valence-corrected chi connectivity index (χ0v) is 18.9. The first-order valence-electron chi connectivity index (χ1n) is 12.1. The molecule has 0 aromatic rings. The Hall–Kier alpha value is -0.610. The molecule has 4 rings (SSSR count). The standard InChI is InChI=1S/C25H42O4/c1-15(5-10-23(28)29-4)19-8-9-20-18-7-6-16-13-17(26)11-12-24(16,2)21(18)14-22(27)25(19,20)3/h15-22,26-27H,5-14H2,1-4H3/t15?,16?,17-,18?,19-,20?,21+,22+,24?,25?/m1/s1. The van der Waals surface area contributed by atoms with E-state index in [1.54, 1.807) is 0 Å². The van der Waals surface area contributed by atoms with Crippen molar-refractivity contribution in [3.05, 3.63) is 0 Å². The second kappa shape index (κ2) is 7.82.